The summed E-state index contributed by atoms with van der Waals surface area (Å²) in [4.78, 5) is 8.40. The molecule has 102 valence electrons. The number of anilines is 2. The van der Waals surface area contributed by atoms with E-state index in [1.807, 2.05) is 6.92 Å². The molecule has 0 aliphatic heterocycles. The lowest BCUT2D eigenvalue weighted by atomic mass is 10.3. The van der Waals surface area contributed by atoms with Crippen LogP contribution in [0.15, 0.2) is 0 Å². The number of nitrogen functional groups attached to an aromatic ring is 1. The highest BCUT2D eigenvalue weighted by molar-refractivity contribution is 7.89. The fourth-order valence-corrected chi connectivity index (χ4v) is 1.89. The van der Waals surface area contributed by atoms with E-state index in [2.05, 4.69) is 20.0 Å². The smallest absolute Gasteiger partial charge is 0.213 e. The van der Waals surface area contributed by atoms with E-state index in [9.17, 15) is 8.42 Å². The first-order valence-corrected chi connectivity index (χ1v) is 7.33. The molecule has 0 atom stereocenters. The molecule has 4 N–H and O–H groups in total. The molecule has 1 rings (SSSR count). The van der Waals surface area contributed by atoms with Crippen LogP contribution in [0.1, 0.15) is 18.3 Å². The first kappa shape index (κ1) is 14.7. The maximum absolute atomic E-state index is 11.3. The number of nitrogens with zero attached hydrogens (tertiary/aromatic N) is 2. The lowest BCUT2D eigenvalue weighted by Gasteiger charge is -2.11. The fraction of sp³-hybridized carbons (Fsp3) is 0.600. The number of hydrogen-bond acceptors (Lipinski definition) is 6. The largest absolute Gasteiger partial charge is 0.383 e. The van der Waals surface area contributed by atoms with Crippen molar-refractivity contribution in [1.29, 1.82) is 0 Å². The lowest BCUT2D eigenvalue weighted by Crippen LogP contribution is -2.26. The predicted molar refractivity (Wildman–Crippen MR) is 71.9 cm³/mol. The van der Waals surface area contributed by atoms with Crippen LogP contribution in [0.3, 0.4) is 0 Å². The predicted octanol–water partition coefficient (Wildman–Crippen LogP) is -0.109. The van der Waals surface area contributed by atoms with Crippen molar-refractivity contribution in [1.82, 2.24) is 14.7 Å². The third kappa shape index (κ3) is 3.81. The Bertz CT molecular complexity index is 515. The number of aromatic nitrogens is 2. The van der Waals surface area contributed by atoms with Crippen molar-refractivity contribution in [3.05, 3.63) is 11.4 Å². The zero-order valence-corrected chi connectivity index (χ0v) is 11.6. The van der Waals surface area contributed by atoms with Crippen LogP contribution < -0.4 is 15.8 Å². The quantitative estimate of drug-likeness (QED) is 0.667. The second-order valence-electron chi connectivity index (χ2n) is 3.80. The van der Waals surface area contributed by atoms with Crippen molar-refractivity contribution < 1.29 is 8.42 Å². The highest BCUT2D eigenvalue weighted by Gasteiger charge is 2.10. The van der Waals surface area contributed by atoms with Gasteiger partial charge in [-0.25, -0.2) is 23.1 Å². The van der Waals surface area contributed by atoms with Gasteiger partial charge in [0.25, 0.3) is 0 Å². The summed E-state index contributed by atoms with van der Waals surface area (Å²) in [5.74, 6) is 1.62. The lowest BCUT2D eigenvalue weighted by molar-refractivity contribution is 0.588. The van der Waals surface area contributed by atoms with E-state index >= 15 is 0 Å². The second-order valence-corrected chi connectivity index (χ2v) is 5.85. The van der Waals surface area contributed by atoms with Gasteiger partial charge in [0.05, 0.1) is 5.75 Å². The molecule has 18 heavy (non-hydrogen) atoms. The summed E-state index contributed by atoms with van der Waals surface area (Å²) in [5.41, 5.74) is 6.49. The maximum Gasteiger partial charge on any atom is 0.213 e. The van der Waals surface area contributed by atoms with E-state index in [1.165, 1.54) is 7.05 Å². The van der Waals surface area contributed by atoms with E-state index < -0.39 is 10.0 Å². The van der Waals surface area contributed by atoms with Gasteiger partial charge in [0.1, 0.15) is 17.5 Å². The van der Waals surface area contributed by atoms with E-state index in [4.69, 9.17) is 5.73 Å². The van der Waals surface area contributed by atoms with Crippen LogP contribution in [0, 0.1) is 6.92 Å². The molecule has 8 heteroatoms. The van der Waals surface area contributed by atoms with Crippen molar-refractivity contribution >= 4 is 21.7 Å². The van der Waals surface area contributed by atoms with Gasteiger partial charge in [-0.05, 0) is 14.0 Å². The summed E-state index contributed by atoms with van der Waals surface area (Å²) in [7, 11) is -1.83. The third-order valence-corrected chi connectivity index (χ3v) is 3.88. The molecule has 7 nitrogen and oxygen atoms in total. The Labute approximate surface area is 107 Å². The molecule has 0 aliphatic carbocycles. The minimum atomic E-state index is -3.22. The number of aryl methyl sites for hydroxylation is 1. The molecule has 1 aromatic heterocycles. The topological polar surface area (TPSA) is 110 Å². The summed E-state index contributed by atoms with van der Waals surface area (Å²) in [6, 6.07) is 0. The monoisotopic (exact) mass is 273 g/mol. The average molecular weight is 273 g/mol. The molecule has 0 spiro atoms. The minimum Gasteiger partial charge on any atom is -0.383 e. The summed E-state index contributed by atoms with van der Waals surface area (Å²) < 4.78 is 24.8. The molecule has 0 bridgehead atoms. The Morgan fingerprint density at radius 1 is 1.33 bits per heavy atom. The molecule has 1 heterocycles. The first-order valence-electron chi connectivity index (χ1n) is 5.67. The molecular formula is C10H19N5O2S. The Morgan fingerprint density at radius 2 is 2.00 bits per heavy atom. The van der Waals surface area contributed by atoms with Crippen molar-refractivity contribution in [2.75, 3.05) is 30.4 Å². The second kappa shape index (κ2) is 5.96. The van der Waals surface area contributed by atoms with Crippen LogP contribution in [-0.2, 0) is 16.4 Å². The van der Waals surface area contributed by atoms with Crippen LogP contribution in [0.5, 0.6) is 0 Å². The standard InChI is InChI=1S/C10H19N5O2S/c1-4-8-14-9(11)7(2)10(15-8)13-5-6-18(16,17)12-3/h12H,4-6H2,1-3H3,(H3,11,13,14,15). The van der Waals surface area contributed by atoms with E-state index in [0.717, 1.165) is 5.56 Å². The Balaban J connectivity index is 2.76. The van der Waals surface area contributed by atoms with Gasteiger partial charge in [0.2, 0.25) is 10.0 Å². The van der Waals surface area contributed by atoms with Crippen LogP contribution in [0.2, 0.25) is 0 Å². The van der Waals surface area contributed by atoms with Crippen LogP contribution >= 0.6 is 0 Å². The molecule has 0 amide bonds. The number of nitrogens with one attached hydrogen (secondary N) is 2. The first-order chi connectivity index (χ1) is 8.39. The molecule has 0 aromatic carbocycles. The third-order valence-electron chi connectivity index (χ3n) is 2.52. The van der Waals surface area contributed by atoms with Gasteiger partial charge < -0.3 is 11.1 Å². The summed E-state index contributed by atoms with van der Waals surface area (Å²) in [5, 5.41) is 2.97. The zero-order valence-electron chi connectivity index (χ0n) is 10.8. The number of sulfonamides is 1. The average Bonchev–Trinajstić information content (AvgIpc) is 2.34. The number of hydrogen-bond donors (Lipinski definition) is 3. The van der Waals surface area contributed by atoms with Crippen LogP contribution in [0.4, 0.5) is 11.6 Å². The molecule has 0 aliphatic rings. The van der Waals surface area contributed by atoms with Crippen LogP contribution in [-0.4, -0.2) is 37.7 Å². The molecule has 0 unspecified atom stereocenters. The van der Waals surface area contributed by atoms with Gasteiger partial charge in [-0.3, -0.25) is 0 Å². The zero-order chi connectivity index (χ0) is 13.8. The Kier molecular flexibility index (Phi) is 4.85. The van der Waals surface area contributed by atoms with Gasteiger partial charge in [-0.2, -0.15) is 0 Å². The SMILES string of the molecule is CCc1nc(N)c(C)c(NCCS(=O)(=O)NC)n1. The number of nitrogens with two attached hydrogens (primary N) is 1. The summed E-state index contributed by atoms with van der Waals surface area (Å²) in [6.07, 6.45) is 0.675. The summed E-state index contributed by atoms with van der Waals surface area (Å²) >= 11 is 0. The number of rotatable bonds is 6. The van der Waals surface area contributed by atoms with Crippen molar-refractivity contribution in [3.63, 3.8) is 0 Å². The molecule has 0 saturated carbocycles. The van der Waals surface area contributed by atoms with E-state index in [1.54, 1.807) is 6.92 Å². The van der Waals surface area contributed by atoms with Gasteiger partial charge in [-0.1, -0.05) is 6.92 Å². The summed E-state index contributed by atoms with van der Waals surface area (Å²) in [6.45, 7) is 3.99. The van der Waals surface area contributed by atoms with Gasteiger partial charge in [0, 0.05) is 18.5 Å². The van der Waals surface area contributed by atoms with Gasteiger partial charge >= 0.3 is 0 Å². The highest BCUT2D eigenvalue weighted by atomic mass is 32.2. The molecule has 1 aromatic rings. The van der Waals surface area contributed by atoms with Crippen LogP contribution in [0.25, 0.3) is 0 Å². The maximum atomic E-state index is 11.3. The highest BCUT2D eigenvalue weighted by Crippen LogP contribution is 2.17. The minimum absolute atomic E-state index is 0.0195. The van der Waals surface area contributed by atoms with Crippen molar-refractivity contribution in [2.24, 2.45) is 0 Å². The normalized spacial score (nSPS) is 11.5. The molecule has 0 fully saturated rings. The van der Waals surface area contributed by atoms with E-state index in [0.29, 0.717) is 23.9 Å². The van der Waals surface area contributed by atoms with Crippen molar-refractivity contribution in [2.45, 2.75) is 20.3 Å². The molecular weight excluding hydrogens is 254 g/mol. The molecule has 0 radical (unpaired) electrons. The van der Waals surface area contributed by atoms with E-state index in [-0.39, 0.29) is 12.3 Å². The van der Waals surface area contributed by atoms with Crippen molar-refractivity contribution in [3.8, 4) is 0 Å². The fourth-order valence-electron chi connectivity index (χ4n) is 1.32. The Morgan fingerprint density at radius 3 is 2.56 bits per heavy atom. The van der Waals surface area contributed by atoms with Gasteiger partial charge in [-0.15, -0.1) is 0 Å². The van der Waals surface area contributed by atoms with Gasteiger partial charge in [0.15, 0.2) is 0 Å². The Hall–Kier alpha value is -1.41. The molecule has 0 saturated heterocycles.